The van der Waals surface area contributed by atoms with E-state index in [2.05, 4.69) is 5.32 Å². The maximum atomic E-state index is 12.4. The molecule has 1 atom stereocenters. The molecule has 1 aromatic carbocycles. The number of hydrogen-bond acceptors (Lipinski definition) is 4. The summed E-state index contributed by atoms with van der Waals surface area (Å²) in [5.74, 6) is 0.716. The molecule has 0 bridgehead atoms. The molecule has 1 amide bonds. The summed E-state index contributed by atoms with van der Waals surface area (Å²) in [6, 6.07) is 9.79. The van der Waals surface area contributed by atoms with Gasteiger partial charge in [0.1, 0.15) is 11.3 Å². The summed E-state index contributed by atoms with van der Waals surface area (Å²) in [5.41, 5.74) is 0.851. The van der Waals surface area contributed by atoms with E-state index in [0.717, 1.165) is 16.7 Å². The molecule has 2 heterocycles. The Bertz CT molecular complexity index is 818. The Morgan fingerprint density at radius 2 is 2.00 bits per heavy atom. The molecular weight excluding hydrogens is 340 g/mol. The number of para-hydroxylation sites is 1. The summed E-state index contributed by atoms with van der Waals surface area (Å²) in [6.07, 6.45) is 2.97. The van der Waals surface area contributed by atoms with Crippen LogP contribution in [-0.4, -0.2) is 44.0 Å². The molecule has 1 aliphatic heterocycles. The fraction of sp³-hybridized carbons (Fsp3) is 0.500. The summed E-state index contributed by atoms with van der Waals surface area (Å²) in [6.45, 7) is 2.78. The van der Waals surface area contributed by atoms with Gasteiger partial charge in [0.2, 0.25) is 15.9 Å². The molecule has 1 fully saturated rings. The van der Waals surface area contributed by atoms with Crippen LogP contribution >= 0.6 is 0 Å². The highest BCUT2D eigenvalue weighted by molar-refractivity contribution is 7.88. The summed E-state index contributed by atoms with van der Waals surface area (Å²) in [5, 5.41) is 4.09. The molecule has 0 aliphatic carbocycles. The Kier molecular flexibility index (Phi) is 5.15. The van der Waals surface area contributed by atoms with Crippen molar-refractivity contribution in [3.63, 3.8) is 0 Å². The number of amides is 1. The van der Waals surface area contributed by atoms with Crippen LogP contribution in [0.5, 0.6) is 0 Å². The molecule has 2 aromatic rings. The Morgan fingerprint density at radius 1 is 1.32 bits per heavy atom. The van der Waals surface area contributed by atoms with Crippen molar-refractivity contribution in [3.05, 3.63) is 36.1 Å². The minimum atomic E-state index is -3.16. The van der Waals surface area contributed by atoms with Crippen molar-refractivity contribution in [1.82, 2.24) is 9.62 Å². The molecule has 25 heavy (non-hydrogen) atoms. The fourth-order valence-electron chi connectivity index (χ4n) is 3.30. The van der Waals surface area contributed by atoms with Gasteiger partial charge in [-0.1, -0.05) is 18.2 Å². The average molecular weight is 364 g/mol. The SMILES string of the molecule is C[C@@H](Cc1cc2ccccc2o1)NC(=O)C1CCN(S(C)(=O)=O)CC1. The number of carbonyl (C=O) groups excluding carboxylic acids is 1. The highest BCUT2D eigenvalue weighted by atomic mass is 32.2. The van der Waals surface area contributed by atoms with Crippen molar-refractivity contribution in [1.29, 1.82) is 0 Å². The van der Waals surface area contributed by atoms with Crippen LogP contribution in [0, 0.1) is 5.92 Å². The number of nitrogens with zero attached hydrogens (tertiary/aromatic N) is 1. The smallest absolute Gasteiger partial charge is 0.223 e. The van der Waals surface area contributed by atoms with Crippen molar-refractivity contribution in [3.8, 4) is 0 Å². The summed E-state index contributed by atoms with van der Waals surface area (Å²) < 4.78 is 30.3. The highest BCUT2D eigenvalue weighted by Crippen LogP contribution is 2.21. The molecule has 1 saturated heterocycles. The first-order valence-corrected chi connectivity index (χ1v) is 10.4. The van der Waals surface area contributed by atoms with E-state index in [9.17, 15) is 13.2 Å². The van der Waals surface area contributed by atoms with Crippen molar-refractivity contribution in [2.45, 2.75) is 32.2 Å². The molecule has 0 unspecified atom stereocenters. The number of nitrogens with one attached hydrogen (secondary N) is 1. The number of sulfonamides is 1. The summed E-state index contributed by atoms with van der Waals surface area (Å²) >= 11 is 0. The van der Waals surface area contributed by atoms with Gasteiger partial charge in [-0.2, -0.15) is 0 Å². The molecule has 3 rings (SSSR count). The highest BCUT2D eigenvalue weighted by Gasteiger charge is 2.29. The van der Waals surface area contributed by atoms with E-state index in [4.69, 9.17) is 4.42 Å². The molecule has 1 N–H and O–H groups in total. The van der Waals surface area contributed by atoms with Gasteiger partial charge < -0.3 is 9.73 Å². The predicted molar refractivity (Wildman–Crippen MR) is 96.7 cm³/mol. The molecule has 0 saturated carbocycles. The van der Waals surface area contributed by atoms with Crippen LogP contribution in [-0.2, 0) is 21.2 Å². The lowest BCUT2D eigenvalue weighted by atomic mass is 9.96. The first-order valence-electron chi connectivity index (χ1n) is 8.56. The number of piperidine rings is 1. The van der Waals surface area contributed by atoms with E-state index in [1.165, 1.54) is 10.6 Å². The Labute approximate surface area is 148 Å². The molecule has 6 nitrogen and oxygen atoms in total. The maximum absolute atomic E-state index is 12.4. The molecule has 0 radical (unpaired) electrons. The van der Waals surface area contributed by atoms with Gasteiger partial charge in [-0.3, -0.25) is 4.79 Å². The minimum Gasteiger partial charge on any atom is -0.461 e. The number of carbonyl (C=O) groups is 1. The Balaban J connectivity index is 1.52. The molecule has 0 spiro atoms. The summed E-state index contributed by atoms with van der Waals surface area (Å²) in [7, 11) is -3.16. The summed E-state index contributed by atoms with van der Waals surface area (Å²) in [4.78, 5) is 12.4. The first kappa shape index (κ1) is 17.9. The van der Waals surface area contributed by atoms with Crippen LogP contribution in [0.1, 0.15) is 25.5 Å². The lowest BCUT2D eigenvalue weighted by molar-refractivity contribution is -0.126. The van der Waals surface area contributed by atoms with Crippen LogP contribution in [0.3, 0.4) is 0 Å². The van der Waals surface area contributed by atoms with Gasteiger partial charge in [-0.05, 0) is 31.9 Å². The predicted octanol–water partition coefficient (Wildman–Crippen LogP) is 2.15. The third-order valence-electron chi connectivity index (χ3n) is 4.67. The van der Waals surface area contributed by atoms with E-state index in [1.54, 1.807) is 0 Å². The number of benzene rings is 1. The molecular formula is C18H24N2O4S. The van der Waals surface area contributed by atoms with Crippen LogP contribution in [0.2, 0.25) is 0 Å². The van der Waals surface area contributed by atoms with E-state index in [1.807, 2.05) is 37.3 Å². The number of fused-ring (bicyclic) bond motifs is 1. The van der Waals surface area contributed by atoms with Crippen molar-refractivity contribution < 1.29 is 17.6 Å². The van der Waals surface area contributed by atoms with E-state index < -0.39 is 10.0 Å². The molecule has 1 aromatic heterocycles. The third-order valence-corrected chi connectivity index (χ3v) is 5.97. The van der Waals surface area contributed by atoms with Crippen LogP contribution < -0.4 is 5.32 Å². The standard InChI is InChI=1S/C18H24N2O4S/c1-13(11-16-12-15-5-3-4-6-17(15)24-16)19-18(21)14-7-9-20(10-8-14)25(2,22)23/h3-6,12-14H,7-11H2,1-2H3,(H,19,21)/t13-/m0/s1. The van der Waals surface area contributed by atoms with Crippen LogP contribution in [0.4, 0.5) is 0 Å². The normalized spacial score (nSPS) is 18.3. The molecule has 136 valence electrons. The monoisotopic (exact) mass is 364 g/mol. The second-order valence-corrected chi connectivity index (χ2v) is 8.78. The Hall–Kier alpha value is -1.86. The second-order valence-electron chi connectivity index (χ2n) is 6.80. The number of furan rings is 1. The zero-order valence-electron chi connectivity index (χ0n) is 14.6. The second kappa shape index (κ2) is 7.17. The van der Waals surface area contributed by atoms with E-state index in [0.29, 0.717) is 32.4 Å². The van der Waals surface area contributed by atoms with Crippen molar-refractivity contribution >= 4 is 26.9 Å². The third kappa shape index (κ3) is 4.41. The van der Waals surface area contributed by atoms with E-state index >= 15 is 0 Å². The number of hydrogen-bond donors (Lipinski definition) is 1. The minimum absolute atomic E-state index is 0.00300. The fourth-order valence-corrected chi connectivity index (χ4v) is 4.17. The van der Waals surface area contributed by atoms with Gasteiger partial charge in [0, 0.05) is 36.9 Å². The average Bonchev–Trinajstić information content (AvgIpc) is 2.96. The van der Waals surface area contributed by atoms with Gasteiger partial charge >= 0.3 is 0 Å². The quantitative estimate of drug-likeness (QED) is 0.882. The van der Waals surface area contributed by atoms with Crippen LogP contribution in [0.15, 0.2) is 34.7 Å². The van der Waals surface area contributed by atoms with Crippen molar-refractivity contribution in [2.75, 3.05) is 19.3 Å². The molecule has 7 heteroatoms. The zero-order valence-corrected chi connectivity index (χ0v) is 15.4. The first-order chi connectivity index (χ1) is 11.8. The van der Waals surface area contributed by atoms with Crippen LogP contribution in [0.25, 0.3) is 11.0 Å². The van der Waals surface area contributed by atoms with E-state index in [-0.39, 0.29) is 17.9 Å². The Morgan fingerprint density at radius 3 is 2.64 bits per heavy atom. The van der Waals surface area contributed by atoms with Gasteiger partial charge in [0.15, 0.2) is 0 Å². The van der Waals surface area contributed by atoms with Gasteiger partial charge in [-0.15, -0.1) is 0 Å². The molecule has 1 aliphatic rings. The van der Waals surface area contributed by atoms with Gasteiger partial charge in [-0.25, -0.2) is 12.7 Å². The number of rotatable bonds is 5. The lowest BCUT2D eigenvalue weighted by Crippen LogP contribution is -2.44. The van der Waals surface area contributed by atoms with Crippen molar-refractivity contribution in [2.24, 2.45) is 5.92 Å². The topological polar surface area (TPSA) is 79.6 Å². The maximum Gasteiger partial charge on any atom is 0.223 e. The van der Waals surface area contributed by atoms with Gasteiger partial charge in [0.25, 0.3) is 0 Å². The zero-order chi connectivity index (χ0) is 18.0. The lowest BCUT2D eigenvalue weighted by Gasteiger charge is -2.30. The largest absolute Gasteiger partial charge is 0.461 e. The van der Waals surface area contributed by atoms with Gasteiger partial charge in [0.05, 0.1) is 6.26 Å².